The molecule has 1 aromatic heterocycles. The number of nitrogens with zero attached hydrogens (tertiary/aromatic N) is 2. The number of benzene rings is 2. The molecule has 116 valence electrons. The SMILES string of the molecule is N#CC(=Cc1ccc(Br)cc1)c1nc2c(s1)CCc1ccccc1-2. The third kappa shape index (κ3) is 2.82. The van der Waals surface area contributed by atoms with Crippen LogP contribution in [-0.2, 0) is 12.8 Å². The van der Waals surface area contributed by atoms with Crippen molar-refractivity contribution in [1.29, 1.82) is 5.26 Å². The highest BCUT2D eigenvalue weighted by molar-refractivity contribution is 9.10. The lowest BCUT2D eigenvalue weighted by atomic mass is 9.94. The third-order valence-corrected chi connectivity index (χ3v) is 5.80. The van der Waals surface area contributed by atoms with Gasteiger partial charge in [-0.25, -0.2) is 4.98 Å². The zero-order valence-corrected chi connectivity index (χ0v) is 15.2. The fraction of sp³-hybridized carbons (Fsp3) is 0.100. The van der Waals surface area contributed by atoms with Crippen molar-refractivity contribution in [2.45, 2.75) is 12.8 Å². The average molecular weight is 393 g/mol. The zero-order chi connectivity index (χ0) is 16.5. The molecular weight excluding hydrogens is 380 g/mol. The first-order chi connectivity index (χ1) is 11.7. The molecule has 3 aromatic rings. The van der Waals surface area contributed by atoms with Crippen LogP contribution in [0.2, 0.25) is 0 Å². The zero-order valence-electron chi connectivity index (χ0n) is 12.8. The summed E-state index contributed by atoms with van der Waals surface area (Å²) in [5.41, 5.74) is 5.23. The normalized spacial score (nSPS) is 13.1. The van der Waals surface area contributed by atoms with Gasteiger partial charge in [-0.05, 0) is 42.2 Å². The van der Waals surface area contributed by atoms with Gasteiger partial charge in [0, 0.05) is 14.9 Å². The maximum atomic E-state index is 9.59. The molecule has 24 heavy (non-hydrogen) atoms. The molecule has 0 unspecified atom stereocenters. The van der Waals surface area contributed by atoms with Gasteiger partial charge in [-0.15, -0.1) is 11.3 Å². The Kier molecular flexibility index (Phi) is 4.05. The molecule has 1 aliphatic carbocycles. The van der Waals surface area contributed by atoms with E-state index in [1.165, 1.54) is 16.0 Å². The number of aromatic nitrogens is 1. The van der Waals surface area contributed by atoms with Gasteiger partial charge in [0.1, 0.15) is 11.1 Å². The second-order valence-corrected chi connectivity index (χ2v) is 7.67. The molecule has 0 N–H and O–H groups in total. The minimum Gasteiger partial charge on any atom is -0.235 e. The quantitative estimate of drug-likeness (QED) is 0.521. The molecule has 0 spiro atoms. The van der Waals surface area contributed by atoms with E-state index in [0.29, 0.717) is 5.57 Å². The Labute approximate surface area is 153 Å². The Morgan fingerprint density at radius 2 is 1.92 bits per heavy atom. The monoisotopic (exact) mass is 392 g/mol. The number of nitriles is 1. The van der Waals surface area contributed by atoms with Crippen LogP contribution in [0.5, 0.6) is 0 Å². The lowest BCUT2D eigenvalue weighted by Crippen LogP contribution is -2.01. The highest BCUT2D eigenvalue weighted by Gasteiger charge is 2.21. The summed E-state index contributed by atoms with van der Waals surface area (Å²) in [7, 11) is 0. The average Bonchev–Trinajstić information content (AvgIpc) is 3.06. The van der Waals surface area contributed by atoms with E-state index in [1.807, 2.05) is 30.3 Å². The highest BCUT2D eigenvalue weighted by Crippen LogP contribution is 2.38. The summed E-state index contributed by atoms with van der Waals surface area (Å²) in [4.78, 5) is 6.07. The molecule has 0 amide bonds. The van der Waals surface area contributed by atoms with Crippen LogP contribution in [0.4, 0.5) is 0 Å². The Hall–Kier alpha value is -2.22. The molecule has 4 heteroatoms. The van der Waals surface area contributed by atoms with Crippen LogP contribution >= 0.6 is 27.3 Å². The first-order valence-electron chi connectivity index (χ1n) is 7.70. The van der Waals surface area contributed by atoms with Crippen molar-refractivity contribution in [3.8, 4) is 17.3 Å². The van der Waals surface area contributed by atoms with Gasteiger partial charge in [0.25, 0.3) is 0 Å². The second kappa shape index (κ2) is 6.35. The summed E-state index contributed by atoms with van der Waals surface area (Å²) >= 11 is 5.07. The van der Waals surface area contributed by atoms with Crippen molar-refractivity contribution in [3.63, 3.8) is 0 Å². The molecule has 0 fully saturated rings. The fourth-order valence-corrected chi connectivity index (χ4v) is 4.24. The first-order valence-corrected chi connectivity index (χ1v) is 9.31. The van der Waals surface area contributed by atoms with E-state index in [4.69, 9.17) is 4.98 Å². The van der Waals surface area contributed by atoms with Crippen LogP contribution in [0.15, 0.2) is 53.0 Å². The van der Waals surface area contributed by atoms with Gasteiger partial charge >= 0.3 is 0 Å². The summed E-state index contributed by atoms with van der Waals surface area (Å²) < 4.78 is 1.03. The van der Waals surface area contributed by atoms with E-state index in [1.54, 1.807) is 11.3 Å². The fourth-order valence-electron chi connectivity index (χ4n) is 2.93. The molecule has 2 nitrogen and oxygen atoms in total. The smallest absolute Gasteiger partial charge is 0.134 e. The van der Waals surface area contributed by atoms with Crippen LogP contribution in [-0.4, -0.2) is 4.98 Å². The lowest BCUT2D eigenvalue weighted by Gasteiger charge is -2.13. The Balaban J connectivity index is 1.77. The first kappa shape index (κ1) is 15.3. The Morgan fingerprint density at radius 3 is 2.71 bits per heavy atom. The van der Waals surface area contributed by atoms with Crippen LogP contribution < -0.4 is 0 Å². The van der Waals surface area contributed by atoms with E-state index in [0.717, 1.165) is 33.6 Å². The van der Waals surface area contributed by atoms with Crippen LogP contribution in [0.25, 0.3) is 22.9 Å². The minimum atomic E-state index is 0.620. The number of hydrogen-bond acceptors (Lipinski definition) is 3. The van der Waals surface area contributed by atoms with E-state index in [9.17, 15) is 5.26 Å². The molecule has 0 atom stereocenters. The summed E-state index contributed by atoms with van der Waals surface area (Å²) in [5, 5.41) is 10.4. The summed E-state index contributed by atoms with van der Waals surface area (Å²) in [6.07, 6.45) is 3.95. The molecular formula is C20H13BrN2S. The summed E-state index contributed by atoms with van der Waals surface area (Å²) in [5.74, 6) is 0. The largest absolute Gasteiger partial charge is 0.235 e. The molecule has 0 saturated carbocycles. The number of rotatable bonds is 2. The van der Waals surface area contributed by atoms with Gasteiger partial charge in [-0.1, -0.05) is 52.3 Å². The maximum absolute atomic E-state index is 9.59. The molecule has 0 radical (unpaired) electrons. The standard InChI is InChI=1S/C20H13BrN2S/c21-16-8-5-13(6-9-16)11-15(12-22)20-23-19-17-4-2-1-3-14(17)7-10-18(19)24-20/h1-6,8-9,11H,7,10H2. The van der Waals surface area contributed by atoms with Gasteiger partial charge < -0.3 is 0 Å². The number of allylic oxidation sites excluding steroid dienone is 1. The maximum Gasteiger partial charge on any atom is 0.134 e. The van der Waals surface area contributed by atoms with Crippen molar-refractivity contribution in [3.05, 3.63) is 74.0 Å². The molecule has 0 saturated heterocycles. The summed E-state index contributed by atoms with van der Waals surface area (Å²) in [6, 6.07) is 18.7. The highest BCUT2D eigenvalue weighted by atomic mass is 79.9. The van der Waals surface area contributed by atoms with Crippen molar-refractivity contribution >= 4 is 38.9 Å². The van der Waals surface area contributed by atoms with Crippen LogP contribution in [0.1, 0.15) is 21.0 Å². The van der Waals surface area contributed by atoms with Crippen LogP contribution in [0, 0.1) is 11.3 Å². The third-order valence-electron chi connectivity index (χ3n) is 4.12. The molecule has 2 aromatic carbocycles. The predicted octanol–water partition coefficient (Wildman–Crippen LogP) is 5.74. The van der Waals surface area contributed by atoms with Crippen molar-refractivity contribution in [2.75, 3.05) is 0 Å². The molecule has 1 heterocycles. The topological polar surface area (TPSA) is 36.7 Å². The Morgan fingerprint density at radius 1 is 1.12 bits per heavy atom. The van der Waals surface area contributed by atoms with Crippen molar-refractivity contribution in [1.82, 2.24) is 4.98 Å². The molecule has 0 bridgehead atoms. The van der Waals surface area contributed by atoms with E-state index < -0.39 is 0 Å². The number of fused-ring (bicyclic) bond motifs is 3. The number of thiazole rings is 1. The summed E-state index contributed by atoms with van der Waals surface area (Å²) in [6.45, 7) is 0. The van der Waals surface area contributed by atoms with E-state index in [-0.39, 0.29) is 0 Å². The second-order valence-electron chi connectivity index (χ2n) is 5.67. The van der Waals surface area contributed by atoms with Gasteiger partial charge in [0.05, 0.1) is 11.3 Å². The number of aryl methyl sites for hydroxylation is 2. The molecule has 0 aliphatic heterocycles. The van der Waals surface area contributed by atoms with Crippen molar-refractivity contribution in [2.24, 2.45) is 0 Å². The van der Waals surface area contributed by atoms with Crippen molar-refractivity contribution < 1.29 is 0 Å². The number of hydrogen-bond donors (Lipinski definition) is 0. The molecule has 4 rings (SSSR count). The minimum absolute atomic E-state index is 0.620. The van der Waals surface area contributed by atoms with E-state index in [2.05, 4.69) is 46.3 Å². The van der Waals surface area contributed by atoms with Gasteiger partial charge in [-0.3, -0.25) is 0 Å². The predicted molar refractivity (Wildman–Crippen MR) is 103 cm³/mol. The Bertz CT molecular complexity index is 978. The number of halogens is 1. The lowest BCUT2D eigenvalue weighted by molar-refractivity contribution is 0.955. The van der Waals surface area contributed by atoms with Gasteiger partial charge in [0.2, 0.25) is 0 Å². The van der Waals surface area contributed by atoms with E-state index >= 15 is 0 Å². The molecule has 1 aliphatic rings. The van der Waals surface area contributed by atoms with Crippen LogP contribution in [0.3, 0.4) is 0 Å². The van der Waals surface area contributed by atoms with Gasteiger partial charge in [0.15, 0.2) is 0 Å². The van der Waals surface area contributed by atoms with Gasteiger partial charge in [-0.2, -0.15) is 5.26 Å².